The van der Waals surface area contributed by atoms with Crippen LogP contribution in [0.4, 0.5) is 0 Å². The maximum atomic E-state index is 10.9. The first-order valence-corrected chi connectivity index (χ1v) is 4.29. The van der Waals surface area contributed by atoms with E-state index in [9.17, 15) is 4.79 Å². The largest absolute Gasteiger partial charge is 0.295 e. The van der Waals surface area contributed by atoms with E-state index in [0.717, 1.165) is 12.8 Å². The molecule has 2 aliphatic carbocycles. The van der Waals surface area contributed by atoms with Crippen molar-refractivity contribution in [2.45, 2.75) is 32.1 Å². The summed E-state index contributed by atoms with van der Waals surface area (Å²) in [5.41, 5.74) is 2.75. The summed E-state index contributed by atoms with van der Waals surface area (Å²) in [6.45, 7) is 0. The van der Waals surface area contributed by atoms with E-state index in [2.05, 4.69) is 6.08 Å². The zero-order valence-electron chi connectivity index (χ0n) is 6.60. The molecule has 0 aliphatic heterocycles. The summed E-state index contributed by atoms with van der Waals surface area (Å²) in [6.07, 6.45) is 9.53. The van der Waals surface area contributed by atoms with E-state index >= 15 is 0 Å². The molecule has 1 nitrogen and oxygen atoms in total. The van der Waals surface area contributed by atoms with Gasteiger partial charge in [-0.3, -0.25) is 4.79 Å². The Balaban J connectivity index is 2.16. The molecule has 58 valence electrons. The van der Waals surface area contributed by atoms with Crippen LogP contribution in [0.2, 0.25) is 0 Å². The van der Waals surface area contributed by atoms with Crippen LogP contribution in [-0.2, 0) is 4.79 Å². The van der Waals surface area contributed by atoms with Gasteiger partial charge in [-0.2, -0.15) is 0 Å². The smallest absolute Gasteiger partial charge is 0.156 e. The highest BCUT2D eigenvalue weighted by Gasteiger charge is 2.16. The van der Waals surface area contributed by atoms with Crippen molar-refractivity contribution < 1.29 is 4.79 Å². The van der Waals surface area contributed by atoms with Gasteiger partial charge in [0.1, 0.15) is 0 Å². The summed E-state index contributed by atoms with van der Waals surface area (Å²) in [4.78, 5) is 10.9. The average Bonchev–Trinajstić information content (AvgIpc) is 2.55. The number of hydrogen-bond donors (Lipinski definition) is 0. The van der Waals surface area contributed by atoms with Crippen LogP contribution in [0.3, 0.4) is 0 Å². The Morgan fingerprint density at radius 3 is 2.55 bits per heavy atom. The van der Waals surface area contributed by atoms with Crippen LogP contribution in [0.5, 0.6) is 0 Å². The molecule has 0 fully saturated rings. The molecule has 0 unspecified atom stereocenters. The molecule has 0 saturated carbocycles. The quantitative estimate of drug-likeness (QED) is 0.558. The van der Waals surface area contributed by atoms with Gasteiger partial charge in [-0.15, -0.1) is 0 Å². The molecule has 1 heteroatoms. The minimum Gasteiger partial charge on any atom is -0.295 e. The second-order valence-electron chi connectivity index (χ2n) is 3.26. The van der Waals surface area contributed by atoms with Gasteiger partial charge in [0, 0.05) is 6.42 Å². The van der Waals surface area contributed by atoms with Crippen molar-refractivity contribution in [2.24, 2.45) is 0 Å². The van der Waals surface area contributed by atoms with Crippen LogP contribution in [0.25, 0.3) is 0 Å². The summed E-state index contributed by atoms with van der Waals surface area (Å²) in [5, 5.41) is 0. The van der Waals surface area contributed by atoms with Gasteiger partial charge in [0.05, 0.1) is 0 Å². The van der Waals surface area contributed by atoms with Gasteiger partial charge in [0.15, 0.2) is 5.78 Å². The number of carbonyl (C=O) groups excluding carboxylic acids is 1. The lowest BCUT2D eigenvalue weighted by Gasteiger charge is -1.99. The molecule has 2 aliphatic rings. The van der Waals surface area contributed by atoms with Gasteiger partial charge in [-0.25, -0.2) is 0 Å². The van der Waals surface area contributed by atoms with Crippen LogP contribution in [-0.4, -0.2) is 5.78 Å². The van der Waals surface area contributed by atoms with Gasteiger partial charge in [0.2, 0.25) is 0 Å². The van der Waals surface area contributed by atoms with Crippen LogP contribution < -0.4 is 0 Å². The Hall–Kier alpha value is -0.850. The summed E-state index contributed by atoms with van der Waals surface area (Å²) < 4.78 is 0. The van der Waals surface area contributed by atoms with E-state index in [1.807, 2.05) is 6.08 Å². The molecule has 0 atom stereocenters. The van der Waals surface area contributed by atoms with Crippen molar-refractivity contribution in [3.05, 3.63) is 23.3 Å². The first-order valence-electron chi connectivity index (χ1n) is 4.29. The Bertz CT molecular complexity index is 246. The topological polar surface area (TPSA) is 17.1 Å². The summed E-state index contributed by atoms with van der Waals surface area (Å²) in [6, 6.07) is 0. The molecule has 11 heavy (non-hydrogen) atoms. The summed E-state index contributed by atoms with van der Waals surface area (Å²) in [5.74, 6) is 0.313. The van der Waals surface area contributed by atoms with E-state index in [-0.39, 0.29) is 0 Å². The maximum absolute atomic E-state index is 10.9. The lowest BCUT2D eigenvalue weighted by Crippen LogP contribution is -1.80. The molecule has 0 spiro atoms. The molecule has 0 heterocycles. The lowest BCUT2D eigenvalue weighted by atomic mass is 10.1. The highest BCUT2D eigenvalue weighted by Crippen LogP contribution is 2.30. The van der Waals surface area contributed by atoms with E-state index in [1.165, 1.54) is 30.4 Å². The lowest BCUT2D eigenvalue weighted by molar-refractivity contribution is -0.114. The minimum absolute atomic E-state index is 0.313. The van der Waals surface area contributed by atoms with Crippen molar-refractivity contribution >= 4 is 5.78 Å². The highest BCUT2D eigenvalue weighted by molar-refractivity contribution is 5.94. The Kier molecular flexibility index (Phi) is 1.65. The highest BCUT2D eigenvalue weighted by atomic mass is 16.1. The molecule has 0 N–H and O–H groups in total. The molecule has 2 rings (SSSR count). The van der Waals surface area contributed by atoms with Crippen molar-refractivity contribution in [1.82, 2.24) is 0 Å². The second-order valence-corrected chi connectivity index (χ2v) is 3.26. The van der Waals surface area contributed by atoms with Crippen LogP contribution >= 0.6 is 0 Å². The van der Waals surface area contributed by atoms with Crippen molar-refractivity contribution in [2.75, 3.05) is 0 Å². The number of ketones is 1. The molecule has 0 aromatic rings. The third-order valence-corrected chi connectivity index (χ3v) is 2.43. The van der Waals surface area contributed by atoms with Crippen LogP contribution in [0.15, 0.2) is 23.3 Å². The first-order chi connectivity index (χ1) is 5.36. The molecular weight excluding hydrogens is 136 g/mol. The monoisotopic (exact) mass is 148 g/mol. The normalized spacial score (nSPS) is 23.8. The third kappa shape index (κ3) is 1.28. The maximum Gasteiger partial charge on any atom is 0.156 e. The van der Waals surface area contributed by atoms with Crippen molar-refractivity contribution in [3.63, 3.8) is 0 Å². The second kappa shape index (κ2) is 2.65. The van der Waals surface area contributed by atoms with Gasteiger partial charge < -0.3 is 0 Å². The van der Waals surface area contributed by atoms with E-state index in [0.29, 0.717) is 5.78 Å². The first kappa shape index (κ1) is 6.84. The Morgan fingerprint density at radius 2 is 2.00 bits per heavy atom. The molecule has 0 bridgehead atoms. The molecule has 0 amide bonds. The van der Waals surface area contributed by atoms with Gasteiger partial charge in [-0.05, 0) is 42.9 Å². The van der Waals surface area contributed by atoms with Gasteiger partial charge in [-0.1, -0.05) is 6.08 Å². The van der Waals surface area contributed by atoms with Gasteiger partial charge in [0.25, 0.3) is 0 Å². The zero-order chi connectivity index (χ0) is 7.68. The Labute approximate surface area is 66.8 Å². The molecular formula is C10H12O. The van der Waals surface area contributed by atoms with Crippen LogP contribution in [0.1, 0.15) is 32.1 Å². The minimum atomic E-state index is 0.313. The van der Waals surface area contributed by atoms with Crippen molar-refractivity contribution in [1.29, 1.82) is 0 Å². The molecule has 0 radical (unpaired) electrons. The number of hydrogen-bond acceptors (Lipinski definition) is 1. The number of allylic oxidation sites excluding steroid dienone is 4. The molecule has 0 aromatic heterocycles. The summed E-state index contributed by atoms with van der Waals surface area (Å²) >= 11 is 0. The SMILES string of the molecule is O=C1C=C(C2=CCCC2)CC1. The van der Waals surface area contributed by atoms with E-state index in [4.69, 9.17) is 0 Å². The standard InChI is InChI=1S/C10H12O/c11-10-6-5-9(7-10)8-3-1-2-4-8/h3,7H,1-2,4-6H2. The fourth-order valence-electron chi connectivity index (χ4n) is 1.81. The van der Waals surface area contributed by atoms with E-state index < -0.39 is 0 Å². The van der Waals surface area contributed by atoms with Gasteiger partial charge >= 0.3 is 0 Å². The summed E-state index contributed by atoms with van der Waals surface area (Å²) in [7, 11) is 0. The predicted octanol–water partition coefficient (Wildman–Crippen LogP) is 2.39. The fraction of sp³-hybridized carbons (Fsp3) is 0.500. The fourth-order valence-corrected chi connectivity index (χ4v) is 1.81. The number of carbonyl (C=O) groups is 1. The zero-order valence-corrected chi connectivity index (χ0v) is 6.60. The molecule has 0 saturated heterocycles. The molecule has 0 aromatic carbocycles. The third-order valence-electron chi connectivity index (χ3n) is 2.43. The Morgan fingerprint density at radius 1 is 1.09 bits per heavy atom. The average molecular weight is 148 g/mol. The van der Waals surface area contributed by atoms with Crippen molar-refractivity contribution in [3.8, 4) is 0 Å². The number of rotatable bonds is 1. The predicted molar refractivity (Wildman–Crippen MR) is 44.3 cm³/mol. The van der Waals surface area contributed by atoms with E-state index in [1.54, 1.807) is 0 Å². The van der Waals surface area contributed by atoms with Crippen LogP contribution in [0, 0.1) is 0 Å².